The maximum Gasteiger partial charge on any atom is 0.277 e. The molecule has 1 heterocycles. The van der Waals surface area contributed by atoms with Crippen LogP contribution in [0.5, 0.6) is 0 Å². The Kier molecular flexibility index (Phi) is 0.433. The van der Waals surface area contributed by atoms with Gasteiger partial charge in [-0.25, -0.2) is 0 Å². The lowest BCUT2D eigenvalue weighted by Crippen LogP contribution is -2.00. The second-order valence-electron chi connectivity index (χ2n) is 0.701. The average molecular weight is 67.1 g/mol. The molecule has 0 saturated heterocycles. The van der Waals surface area contributed by atoms with Crippen LogP contribution < -0.4 is 10.5 Å². The first-order chi connectivity index (χ1) is 2.50. The Morgan fingerprint density at radius 1 is 1.80 bits per heavy atom. The molecular formula is C3H3N2+. The lowest BCUT2D eigenvalue weighted by molar-refractivity contribution is 0.869. The summed E-state index contributed by atoms with van der Waals surface area (Å²) >= 11 is 0. The van der Waals surface area contributed by atoms with Crippen LogP contribution in [0.15, 0.2) is 6.08 Å². The van der Waals surface area contributed by atoms with Crippen LogP contribution in [-0.4, -0.2) is 6.21 Å². The summed E-state index contributed by atoms with van der Waals surface area (Å²) in [6.45, 7) is 0. The van der Waals surface area contributed by atoms with Gasteiger partial charge < -0.3 is 0 Å². The fourth-order valence-corrected chi connectivity index (χ4v) is 0.186. The van der Waals surface area contributed by atoms with E-state index < -0.39 is 0 Å². The van der Waals surface area contributed by atoms with Crippen molar-refractivity contribution in [2.24, 2.45) is 0 Å². The molecule has 0 saturated carbocycles. The molecule has 0 fully saturated rings. The number of hydrazone groups is 1. The van der Waals surface area contributed by atoms with Crippen LogP contribution in [0.4, 0.5) is 0 Å². The molecule has 0 bridgehead atoms. The molecular weight excluding hydrogens is 64.0 g/mol. The van der Waals surface area contributed by atoms with Crippen LogP contribution >= 0.6 is 0 Å². The average Bonchev–Trinajstić information content (AvgIpc) is 1.76. The Morgan fingerprint density at radius 2 is 2.80 bits per heavy atom. The van der Waals surface area contributed by atoms with Crippen LogP contribution in [0.25, 0.3) is 0 Å². The van der Waals surface area contributed by atoms with Gasteiger partial charge in [0.1, 0.15) is 6.20 Å². The van der Waals surface area contributed by atoms with Crippen molar-refractivity contribution in [3.8, 4) is 0 Å². The van der Waals surface area contributed by atoms with Crippen LogP contribution in [-0.2, 0) is 0 Å². The van der Waals surface area contributed by atoms with E-state index in [2.05, 4.69) is 16.7 Å². The maximum absolute atomic E-state index is 3.54. The van der Waals surface area contributed by atoms with Crippen molar-refractivity contribution in [1.29, 1.82) is 0 Å². The summed E-state index contributed by atoms with van der Waals surface area (Å²) < 4.78 is 0. The number of rotatable bonds is 0. The zero-order valence-electron chi connectivity index (χ0n) is 2.60. The predicted molar refractivity (Wildman–Crippen MR) is 19.1 cm³/mol. The van der Waals surface area contributed by atoms with E-state index in [-0.39, 0.29) is 0 Å². The molecule has 0 aromatic rings. The van der Waals surface area contributed by atoms with Crippen molar-refractivity contribution >= 4 is 6.21 Å². The standard InChI is InChI=1S/C3H3N2/c1-2-4-5-3-1/h1-2,5H/q+1. The normalized spacial score (nSPS) is 16.0. The Bertz CT molecular complexity index is 63.0. The van der Waals surface area contributed by atoms with Crippen molar-refractivity contribution in [2.75, 3.05) is 0 Å². The van der Waals surface area contributed by atoms with Gasteiger partial charge in [0.05, 0.1) is 0 Å². The van der Waals surface area contributed by atoms with E-state index in [4.69, 9.17) is 0 Å². The van der Waals surface area contributed by atoms with Gasteiger partial charge in [0.15, 0.2) is 5.10 Å². The summed E-state index contributed by atoms with van der Waals surface area (Å²) in [6, 6.07) is 0. The van der Waals surface area contributed by atoms with Gasteiger partial charge in [-0.15, -0.1) is 0 Å². The van der Waals surface area contributed by atoms with Gasteiger partial charge in [-0.05, 0) is 0 Å². The summed E-state index contributed by atoms with van der Waals surface area (Å²) in [4.78, 5) is 0. The highest BCUT2D eigenvalue weighted by Crippen LogP contribution is 1.57. The summed E-state index contributed by atoms with van der Waals surface area (Å²) in [5, 5.41) is 3.54. The summed E-state index contributed by atoms with van der Waals surface area (Å²) in [5.41, 5.74) is 2.49. The molecule has 0 aromatic heterocycles. The van der Waals surface area contributed by atoms with Crippen molar-refractivity contribution < 1.29 is 0 Å². The van der Waals surface area contributed by atoms with E-state index in [9.17, 15) is 0 Å². The second kappa shape index (κ2) is 0.885. The van der Waals surface area contributed by atoms with Crippen LogP contribution in [0.2, 0.25) is 0 Å². The lowest BCUT2D eigenvalue weighted by atomic mass is 10.7. The molecule has 1 rings (SSSR count). The molecule has 2 heteroatoms. The Morgan fingerprint density at radius 3 is 3.00 bits per heavy atom. The van der Waals surface area contributed by atoms with Gasteiger partial charge in [0.25, 0.3) is 6.21 Å². The quantitative estimate of drug-likeness (QED) is 0.395. The molecule has 0 atom stereocenters. The molecule has 0 aromatic carbocycles. The Hall–Kier alpha value is -0.790. The van der Waals surface area contributed by atoms with Gasteiger partial charge in [-0.3, -0.25) is 0 Å². The van der Waals surface area contributed by atoms with Crippen molar-refractivity contribution in [3.63, 3.8) is 0 Å². The van der Waals surface area contributed by atoms with Gasteiger partial charge in [0.2, 0.25) is 0 Å². The van der Waals surface area contributed by atoms with Crippen LogP contribution in [0.3, 0.4) is 0 Å². The third-order valence-corrected chi connectivity index (χ3v) is 0.362. The molecule has 24 valence electrons. The van der Waals surface area contributed by atoms with E-state index >= 15 is 0 Å². The first kappa shape index (κ1) is 2.45. The number of nitrogens with zero attached hydrogens (tertiary/aromatic N) is 1. The minimum atomic E-state index is 1.64. The zero-order valence-corrected chi connectivity index (χ0v) is 2.60. The number of hydrogen-bond donors (Lipinski definition) is 1. The van der Waals surface area contributed by atoms with Gasteiger partial charge in [-0.1, -0.05) is 5.43 Å². The number of hydrogen-bond acceptors (Lipinski definition) is 2. The maximum atomic E-state index is 3.54. The third-order valence-electron chi connectivity index (χ3n) is 0.362. The van der Waals surface area contributed by atoms with E-state index in [1.807, 2.05) is 0 Å². The van der Waals surface area contributed by atoms with Crippen molar-refractivity contribution in [1.82, 2.24) is 10.5 Å². The molecule has 1 aliphatic rings. The highest BCUT2D eigenvalue weighted by molar-refractivity contribution is 5.70. The van der Waals surface area contributed by atoms with E-state index in [0.29, 0.717) is 0 Å². The lowest BCUT2D eigenvalue weighted by Gasteiger charge is -1.48. The van der Waals surface area contributed by atoms with E-state index in [1.165, 1.54) is 0 Å². The smallest absolute Gasteiger partial charge is 0.0984 e. The minimum Gasteiger partial charge on any atom is -0.0984 e. The summed E-state index contributed by atoms with van der Waals surface area (Å²) in [5.74, 6) is 0. The number of allylic oxidation sites excluding steroid dienone is 1. The van der Waals surface area contributed by atoms with Crippen molar-refractivity contribution in [3.05, 3.63) is 12.3 Å². The van der Waals surface area contributed by atoms with Crippen molar-refractivity contribution in [2.45, 2.75) is 0 Å². The topological polar surface area (TPSA) is 26.1 Å². The summed E-state index contributed by atoms with van der Waals surface area (Å²) in [6.07, 6.45) is 5.97. The predicted octanol–water partition coefficient (Wildman–Crippen LogP) is -0.772. The zero-order chi connectivity index (χ0) is 3.54. The molecule has 0 spiro atoms. The van der Waals surface area contributed by atoms with Gasteiger partial charge in [0, 0.05) is 6.08 Å². The molecule has 2 radical (unpaired) electrons. The summed E-state index contributed by atoms with van der Waals surface area (Å²) in [7, 11) is 0. The SMILES string of the molecule is [C]1=CC=[N+]N1. The fraction of sp³-hybridized carbons (Fsp3) is 0. The highest BCUT2D eigenvalue weighted by atomic mass is 15.3. The van der Waals surface area contributed by atoms with Gasteiger partial charge >= 0.3 is 0 Å². The fourth-order valence-electron chi connectivity index (χ4n) is 0.186. The van der Waals surface area contributed by atoms with E-state index in [1.54, 1.807) is 12.3 Å². The third kappa shape index (κ3) is 0.265. The first-order valence-corrected chi connectivity index (χ1v) is 1.35. The molecule has 0 aliphatic carbocycles. The van der Waals surface area contributed by atoms with Gasteiger partial charge in [-0.2, -0.15) is 0 Å². The molecule has 5 heavy (non-hydrogen) atoms. The van der Waals surface area contributed by atoms with Crippen LogP contribution in [0, 0.1) is 6.20 Å². The molecule has 1 aliphatic heterocycles. The number of nitrogens with one attached hydrogen (secondary N) is 1. The monoisotopic (exact) mass is 67.0 g/mol. The molecule has 0 amide bonds. The van der Waals surface area contributed by atoms with E-state index in [0.717, 1.165) is 0 Å². The minimum absolute atomic E-state index is 1.64. The molecule has 1 N–H and O–H groups in total. The highest BCUT2D eigenvalue weighted by Gasteiger charge is 1.88. The first-order valence-electron chi connectivity index (χ1n) is 1.35. The van der Waals surface area contributed by atoms with Crippen LogP contribution in [0.1, 0.15) is 0 Å². The Labute approximate surface area is 30.2 Å². The largest absolute Gasteiger partial charge is 0.277 e. The molecule has 2 nitrogen and oxygen atoms in total. The molecule has 0 unspecified atom stereocenters. The second-order valence-corrected chi connectivity index (χ2v) is 0.701. The Balaban J connectivity index is 2.61.